The van der Waals surface area contributed by atoms with Crippen molar-refractivity contribution in [2.75, 3.05) is 29.7 Å². The predicted octanol–water partition coefficient (Wildman–Crippen LogP) is 1.88. The summed E-state index contributed by atoms with van der Waals surface area (Å²) in [6.45, 7) is -0.0551. The standard InChI is InChI=1S/C13H17FN4OS/c1-20-6-5-8(7-19)16-12-11-9(14)3-2-4-10(11)17-13(15)18-12/h2-4,8,19H,5-7H2,1H3,(H3,15,16,17,18). The normalized spacial score (nSPS) is 12.6. The first-order valence-electron chi connectivity index (χ1n) is 6.23. The molecule has 2 aromatic rings. The third kappa shape index (κ3) is 3.29. The fraction of sp³-hybridized carbons (Fsp3) is 0.385. The smallest absolute Gasteiger partial charge is 0.222 e. The van der Waals surface area contributed by atoms with Crippen LogP contribution >= 0.6 is 11.8 Å². The van der Waals surface area contributed by atoms with Crippen LogP contribution in [0.25, 0.3) is 10.9 Å². The molecular weight excluding hydrogens is 279 g/mol. The first-order chi connectivity index (χ1) is 9.65. The van der Waals surface area contributed by atoms with Crippen molar-refractivity contribution in [3.8, 4) is 0 Å². The van der Waals surface area contributed by atoms with Gasteiger partial charge in [0.05, 0.1) is 23.6 Å². The van der Waals surface area contributed by atoms with Gasteiger partial charge in [0.15, 0.2) is 0 Å². The molecule has 5 nitrogen and oxygen atoms in total. The second-order valence-electron chi connectivity index (χ2n) is 4.37. The Bertz CT molecular complexity index is 596. The molecule has 0 aliphatic rings. The van der Waals surface area contributed by atoms with Gasteiger partial charge in [0, 0.05) is 0 Å². The molecule has 1 atom stereocenters. The number of aromatic nitrogens is 2. The molecule has 1 heterocycles. The van der Waals surface area contributed by atoms with Gasteiger partial charge < -0.3 is 16.2 Å². The number of anilines is 2. The van der Waals surface area contributed by atoms with Gasteiger partial charge in [-0.15, -0.1) is 0 Å². The molecule has 1 unspecified atom stereocenters. The lowest BCUT2D eigenvalue weighted by molar-refractivity contribution is 0.272. The van der Waals surface area contributed by atoms with E-state index in [0.717, 1.165) is 12.2 Å². The summed E-state index contributed by atoms with van der Waals surface area (Å²) in [5, 5.41) is 12.7. The third-order valence-electron chi connectivity index (χ3n) is 2.92. The molecule has 0 saturated heterocycles. The van der Waals surface area contributed by atoms with Crippen molar-refractivity contribution in [1.29, 1.82) is 0 Å². The average Bonchev–Trinajstić information content (AvgIpc) is 2.42. The quantitative estimate of drug-likeness (QED) is 0.755. The van der Waals surface area contributed by atoms with E-state index < -0.39 is 5.82 Å². The first kappa shape index (κ1) is 14.8. The van der Waals surface area contributed by atoms with E-state index in [1.165, 1.54) is 6.07 Å². The Balaban J connectivity index is 2.37. The summed E-state index contributed by atoms with van der Waals surface area (Å²) < 4.78 is 14.0. The minimum Gasteiger partial charge on any atom is -0.394 e. The van der Waals surface area contributed by atoms with Crippen molar-refractivity contribution in [3.05, 3.63) is 24.0 Å². The number of rotatable bonds is 6. The van der Waals surface area contributed by atoms with E-state index in [1.54, 1.807) is 23.9 Å². The van der Waals surface area contributed by atoms with Crippen LogP contribution in [0.5, 0.6) is 0 Å². The van der Waals surface area contributed by atoms with Crippen molar-refractivity contribution >= 4 is 34.4 Å². The number of nitrogen functional groups attached to an aromatic ring is 1. The number of nitrogens with two attached hydrogens (primary N) is 1. The molecule has 7 heteroatoms. The van der Waals surface area contributed by atoms with E-state index >= 15 is 0 Å². The van der Waals surface area contributed by atoms with Gasteiger partial charge in [-0.3, -0.25) is 0 Å². The second-order valence-corrected chi connectivity index (χ2v) is 5.36. The summed E-state index contributed by atoms with van der Waals surface area (Å²) in [5.74, 6) is 0.878. The van der Waals surface area contributed by atoms with Crippen LogP contribution in [0.2, 0.25) is 0 Å². The SMILES string of the molecule is CSCCC(CO)Nc1nc(N)nc2cccc(F)c12. The Labute approximate surface area is 120 Å². The van der Waals surface area contributed by atoms with Gasteiger partial charge in [-0.2, -0.15) is 16.7 Å². The lowest BCUT2D eigenvalue weighted by Gasteiger charge is -2.18. The van der Waals surface area contributed by atoms with E-state index in [0.29, 0.717) is 16.7 Å². The van der Waals surface area contributed by atoms with Crippen molar-refractivity contribution in [2.45, 2.75) is 12.5 Å². The Hall–Kier alpha value is -1.60. The zero-order chi connectivity index (χ0) is 14.5. The number of hydrogen-bond acceptors (Lipinski definition) is 6. The van der Waals surface area contributed by atoms with Crippen LogP contribution in [-0.2, 0) is 0 Å². The summed E-state index contributed by atoms with van der Waals surface area (Å²) in [5.41, 5.74) is 6.09. The zero-order valence-electron chi connectivity index (χ0n) is 11.1. The van der Waals surface area contributed by atoms with Crippen molar-refractivity contribution in [1.82, 2.24) is 9.97 Å². The molecule has 0 aliphatic carbocycles. The number of halogens is 1. The summed E-state index contributed by atoms with van der Waals surface area (Å²) in [6.07, 6.45) is 2.74. The molecule has 0 amide bonds. The number of hydrogen-bond donors (Lipinski definition) is 3. The highest BCUT2D eigenvalue weighted by Gasteiger charge is 2.14. The maximum atomic E-state index is 14.0. The largest absolute Gasteiger partial charge is 0.394 e. The van der Waals surface area contributed by atoms with Crippen molar-refractivity contribution < 1.29 is 9.50 Å². The second kappa shape index (κ2) is 6.71. The molecule has 1 aromatic heterocycles. The van der Waals surface area contributed by atoms with Gasteiger partial charge in [0.25, 0.3) is 0 Å². The number of thioether (sulfide) groups is 1. The summed E-state index contributed by atoms with van der Waals surface area (Å²) in [6, 6.07) is 4.41. The predicted molar refractivity (Wildman–Crippen MR) is 81.4 cm³/mol. The molecule has 20 heavy (non-hydrogen) atoms. The van der Waals surface area contributed by atoms with Gasteiger partial charge in [-0.05, 0) is 30.6 Å². The Morgan fingerprint density at radius 1 is 1.45 bits per heavy atom. The average molecular weight is 296 g/mol. The molecule has 0 bridgehead atoms. The van der Waals surface area contributed by atoms with Crippen molar-refractivity contribution in [3.63, 3.8) is 0 Å². The monoisotopic (exact) mass is 296 g/mol. The van der Waals surface area contributed by atoms with Gasteiger partial charge in [0.2, 0.25) is 5.95 Å². The molecule has 0 radical (unpaired) electrons. The minimum absolute atomic E-state index is 0.0551. The van der Waals surface area contributed by atoms with Crippen LogP contribution < -0.4 is 11.1 Å². The van der Waals surface area contributed by atoms with E-state index in [1.807, 2.05) is 6.26 Å². The number of aliphatic hydroxyl groups is 1. The summed E-state index contributed by atoms with van der Waals surface area (Å²) in [7, 11) is 0. The van der Waals surface area contributed by atoms with Crippen LogP contribution in [0.1, 0.15) is 6.42 Å². The summed E-state index contributed by atoms with van der Waals surface area (Å²) >= 11 is 1.68. The highest BCUT2D eigenvalue weighted by molar-refractivity contribution is 7.98. The zero-order valence-corrected chi connectivity index (χ0v) is 12.0. The van der Waals surface area contributed by atoms with E-state index in [9.17, 15) is 9.50 Å². The Morgan fingerprint density at radius 2 is 2.25 bits per heavy atom. The van der Waals surface area contributed by atoms with Crippen LogP contribution in [0.4, 0.5) is 16.2 Å². The number of fused-ring (bicyclic) bond motifs is 1. The first-order valence-corrected chi connectivity index (χ1v) is 7.63. The maximum absolute atomic E-state index is 14.0. The minimum atomic E-state index is -0.411. The fourth-order valence-electron chi connectivity index (χ4n) is 1.93. The van der Waals surface area contributed by atoms with Gasteiger partial charge >= 0.3 is 0 Å². The number of aliphatic hydroxyl groups excluding tert-OH is 1. The van der Waals surface area contributed by atoms with Gasteiger partial charge in [0.1, 0.15) is 11.6 Å². The van der Waals surface area contributed by atoms with Crippen LogP contribution in [0.3, 0.4) is 0 Å². The lowest BCUT2D eigenvalue weighted by Crippen LogP contribution is -2.25. The highest BCUT2D eigenvalue weighted by Crippen LogP contribution is 2.25. The molecule has 0 saturated carbocycles. The molecule has 0 aliphatic heterocycles. The molecule has 0 spiro atoms. The van der Waals surface area contributed by atoms with E-state index in [2.05, 4.69) is 15.3 Å². The number of benzene rings is 1. The van der Waals surface area contributed by atoms with E-state index in [-0.39, 0.29) is 18.6 Å². The number of nitrogens with one attached hydrogen (secondary N) is 1. The van der Waals surface area contributed by atoms with Gasteiger partial charge in [-0.25, -0.2) is 9.37 Å². The lowest BCUT2D eigenvalue weighted by atomic mass is 10.2. The summed E-state index contributed by atoms with van der Waals surface area (Å²) in [4.78, 5) is 8.07. The number of nitrogens with zero attached hydrogens (tertiary/aromatic N) is 2. The van der Waals surface area contributed by atoms with E-state index in [4.69, 9.17) is 5.73 Å². The van der Waals surface area contributed by atoms with Crippen LogP contribution in [-0.4, -0.2) is 39.7 Å². The van der Waals surface area contributed by atoms with Crippen LogP contribution in [0.15, 0.2) is 18.2 Å². The third-order valence-corrected chi connectivity index (χ3v) is 3.57. The molecule has 4 N–H and O–H groups in total. The molecular formula is C13H17FN4OS. The fourth-order valence-corrected chi connectivity index (χ4v) is 2.45. The molecule has 1 aromatic carbocycles. The van der Waals surface area contributed by atoms with Gasteiger partial charge in [-0.1, -0.05) is 6.07 Å². The van der Waals surface area contributed by atoms with Crippen molar-refractivity contribution in [2.24, 2.45) is 0 Å². The molecule has 2 rings (SSSR count). The molecule has 108 valence electrons. The maximum Gasteiger partial charge on any atom is 0.222 e. The molecule has 0 fully saturated rings. The topological polar surface area (TPSA) is 84.1 Å². The highest BCUT2D eigenvalue weighted by atomic mass is 32.2. The Kier molecular flexibility index (Phi) is 4.97. The van der Waals surface area contributed by atoms with Crippen LogP contribution in [0, 0.1) is 5.82 Å². The Morgan fingerprint density at radius 3 is 2.95 bits per heavy atom.